The minimum Gasteiger partial charge on any atom is -0.308 e. The maximum absolute atomic E-state index is 12.9. The van der Waals surface area contributed by atoms with E-state index >= 15 is 0 Å². The van der Waals surface area contributed by atoms with Crippen LogP contribution in [0.4, 0.5) is 21.9 Å². The van der Waals surface area contributed by atoms with Gasteiger partial charge in [-0.05, 0) is 66.9 Å². The average Bonchev–Trinajstić information content (AvgIpc) is 3.15. The van der Waals surface area contributed by atoms with Gasteiger partial charge in [0.15, 0.2) is 0 Å². The summed E-state index contributed by atoms with van der Waals surface area (Å²) in [6.45, 7) is 2.25. The Morgan fingerprint density at radius 1 is 0.967 bits per heavy atom. The number of rotatable bonds is 4. The summed E-state index contributed by atoms with van der Waals surface area (Å²) in [5.41, 5.74) is 3.60. The summed E-state index contributed by atoms with van der Waals surface area (Å²) >= 11 is 6.09. The van der Waals surface area contributed by atoms with Gasteiger partial charge in [-0.2, -0.15) is 0 Å². The van der Waals surface area contributed by atoms with Crippen molar-refractivity contribution in [3.8, 4) is 0 Å². The standard InChI is InChI=1S/C22H20ClN3O3S/c1-15-7-8-18(14-20(15)23)25-22(27)24-17-9-10-21-16(13-17)11-12-26(21)30(28,29)19-5-3-2-4-6-19/h2-10,13-14H,11-12H2,1H3,(H2,24,25,27). The van der Waals surface area contributed by atoms with Crippen LogP contribution in [0.3, 0.4) is 0 Å². The molecule has 30 heavy (non-hydrogen) atoms. The molecule has 0 spiro atoms. The Balaban J connectivity index is 1.50. The summed E-state index contributed by atoms with van der Waals surface area (Å²) in [5.74, 6) is 0. The third-order valence-electron chi connectivity index (χ3n) is 4.95. The first-order chi connectivity index (χ1) is 14.3. The van der Waals surface area contributed by atoms with E-state index in [0.717, 1.165) is 11.1 Å². The van der Waals surface area contributed by atoms with E-state index in [0.29, 0.717) is 35.1 Å². The largest absolute Gasteiger partial charge is 0.323 e. The molecular weight excluding hydrogens is 422 g/mol. The second-order valence-corrected chi connectivity index (χ2v) is 9.30. The number of fused-ring (bicyclic) bond motifs is 1. The third-order valence-corrected chi connectivity index (χ3v) is 7.19. The quantitative estimate of drug-likeness (QED) is 0.595. The van der Waals surface area contributed by atoms with Gasteiger partial charge in [0.1, 0.15) is 0 Å². The van der Waals surface area contributed by atoms with Crippen molar-refractivity contribution in [1.82, 2.24) is 0 Å². The average molecular weight is 442 g/mol. The molecule has 1 aliphatic rings. The first-order valence-electron chi connectivity index (χ1n) is 9.39. The number of nitrogens with zero attached hydrogens (tertiary/aromatic N) is 1. The highest BCUT2D eigenvalue weighted by atomic mass is 35.5. The van der Waals surface area contributed by atoms with Crippen LogP contribution in [-0.2, 0) is 16.4 Å². The van der Waals surface area contributed by atoms with E-state index in [1.807, 2.05) is 13.0 Å². The molecule has 3 aromatic rings. The van der Waals surface area contributed by atoms with Gasteiger partial charge in [0.05, 0.1) is 10.6 Å². The molecule has 0 atom stereocenters. The third kappa shape index (κ3) is 3.99. The zero-order valence-electron chi connectivity index (χ0n) is 16.2. The maximum Gasteiger partial charge on any atom is 0.323 e. The molecule has 3 aromatic carbocycles. The highest BCUT2D eigenvalue weighted by Crippen LogP contribution is 2.34. The van der Waals surface area contributed by atoms with Crippen LogP contribution in [0.5, 0.6) is 0 Å². The van der Waals surface area contributed by atoms with Gasteiger partial charge in [-0.15, -0.1) is 0 Å². The number of nitrogens with one attached hydrogen (secondary N) is 2. The van der Waals surface area contributed by atoms with E-state index in [9.17, 15) is 13.2 Å². The fourth-order valence-electron chi connectivity index (χ4n) is 3.38. The summed E-state index contributed by atoms with van der Waals surface area (Å²) < 4.78 is 27.3. The van der Waals surface area contributed by atoms with Gasteiger partial charge >= 0.3 is 6.03 Å². The molecule has 4 rings (SSSR count). The van der Waals surface area contributed by atoms with Gasteiger partial charge in [0, 0.05) is 22.9 Å². The van der Waals surface area contributed by atoms with Crippen LogP contribution in [0.15, 0.2) is 71.6 Å². The predicted molar refractivity (Wildman–Crippen MR) is 120 cm³/mol. The molecule has 1 aliphatic heterocycles. The topological polar surface area (TPSA) is 78.5 Å². The number of amides is 2. The Labute approximate surface area is 180 Å². The maximum atomic E-state index is 12.9. The van der Waals surface area contributed by atoms with E-state index in [2.05, 4.69) is 10.6 Å². The monoisotopic (exact) mass is 441 g/mol. The molecule has 0 bridgehead atoms. The Morgan fingerprint density at radius 3 is 2.33 bits per heavy atom. The summed E-state index contributed by atoms with van der Waals surface area (Å²) in [4.78, 5) is 12.6. The molecule has 0 saturated carbocycles. The van der Waals surface area contributed by atoms with Crippen LogP contribution < -0.4 is 14.9 Å². The SMILES string of the molecule is Cc1ccc(NC(=O)Nc2ccc3c(c2)CCN3S(=O)(=O)c2ccccc2)cc1Cl. The Kier molecular flexibility index (Phi) is 5.40. The summed E-state index contributed by atoms with van der Waals surface area (Å²) in [6, 6.07) is 18.5. The van der Waals surface area contributed by atoms with E-state index in [1.165, 1.54) is 4.31 Å². The minimum absolute atomic E-state index is 0.260. The highest BCUT2D eigenvalue weighted by molar-refractivity contribution is 7.92. The van der Waals surface area contributed by atoms with E-state index in [-0.39, 0.29) is 4.90 Å². The fraction of sp³-hybridized carbons (Fsp3) is 0.136. The number of carbonyl (C=O) groups is 1. The lowest BCUT2D eigenvalue weighted by Gasteiger charge is -2.19. The van der Waals surface area contributed by atoms with Crippen LogP contribution in [0.25, 0.3) is 0 Å². The fourth-order valence-corrected chi connectivity index (χ4v) is 5.09. The molecule has 0 aromatic heterocycles. The molecule has 0 unspecified atom stereocenters. The van der Waals surface area contributed by atoms with Gasteiger partial charge < -0.3 is 10.6 Å². The Morgan fingerprint density at radius 2 is 1.63 bits per heavy atom. The number of halogens is 1. The number of hydrogen-bond donors (Lipinski definition) is 2. The van der Waals surface area contributed by atoms with Gasteiger partial charge in [-0.3, -0.25) is 4.31 Å². The molecule has 0 saturated heterocycles. The number of carbonyl (C=O) groups excluding carboxylic acids is 1. The van der Waals surface area contributed by atoms with Gasteiger partial charge in [-0.1, -0.05) is 35.9 Å². The summed E-state index contributed by atoms with van der Waals surface area (Å²) in [7, 11) is -3.62. The molecule has 0 fully saturated rings. The first-order valence-corrected chi connectivity index (χ1v) is 11.2. The van der Waals surface area contributed by atoms with Gasteiger partial charge in [0.2, 0.25) is 0 Å². The summed E-state index contributed by atoms with van der Waals surface area (Å²) in [5, 5.41) is 6.09. The number of hydrogen-bond acceptors (Lipinski definition) is 3. The molecule has 0 radical (unpaired) electrons. The molecule has 6 nitrogen and oxygen atoms in total. The smallest absolute Gasteiger partial charge is 0.308 e. The van der Waals surface area contributed by atoms with Gasteiger partial charge in [-0.25, -0.2) is 13.2 Å². The second kappa shape index (κ2) is 8.01. The van der Waals surface area contributed by atoms with Crippen molar-refractivity contribution in [2.24, 2.45) is 0 Å². The number of urea groups is 1. The lowest BCUT2D eigenvalue weighted by atomic mass is 10.1. The zero-order valence-corrected chi connectivity index (χ0v) is 17.8. The van der Waals surface area contributed by atoms with E-state index in [4.69, 9.17) is 11.6 Å². The minimum atomic E-state index is -3.62. The first kappa shape index (κ1) is 20.3. The second-order valence-electron chi connectivity index (χ2n) is 7.03. The lowest BCUT2D eigenvalue weighted by Crippen LogP contribution is -2.29. The van der Waals surface area contributed by atoms with Crippen LogP contribution in [0.1, 0.15) is 11.1 Å². The molecule has 0 aliphatic carbocycles. The molecule has 2 amide bonds. The van der Waals surface area contributed by atoms with E-state index < -0.39 is 16.1 Å². The molecule has 2 N–H and O–H groups in total. The van der Waals surface area contributed by atoms with Crippen LogP contribution in [0.2, 0.25) is 5.02 Å². The summed E-state index contributed by atoms with van der Waals surface area (Å²) in [6.07, 6.45) is 0.576. The van der Waals surface area contributed by atoms with Crippen molar-refractivity contribution in [2.75, 3.05) is 21.5 Å². The lowest BCUT2D eigenvalue weighted by molar-refractivity contribution is 0.262. The Hall–Kier alpha value is -3.03. The molecule has 154 valence electrons. The van der Waals surface area contributed by atoms with Gasteiger partial charge in [0.25, 0.3) is 10.0 Å². The van der Waals surface area contributed by atoms with Crippen molar-refractivity contribution < 1.29 is 13.2 Å². The van der Waals surface area contributed by atoms with Crippen molar-refractivity contribution in [2.45, 2.75) is 18.2 Å². The van der Waals surface area contributed by atoms with Crippen molar-refractivity contribution in [3.05, 3.63) is 82.9 Å². The molecule has 8 heteroatoms. The predicted octanol–water partition coefficient (Wildman–Crippen LogP) is 5.04. The number of aryl methyl sites for hydroxylation is 1. The molecule has 1 heterocycles. The Bertz CT molecular complexity index is 1210. The molecular formula is C22H20ClN3O3S. The van der Waals surface area contributed by atoms with Crippen LogP contribution in [0, 0.1) is 6.92 Å². The normalized spacial score (nSPS) is 13.1. The van der Waals surface area contributed by atoms with Crippen molar-refractivity contribution in [3.63, 3.8) is 0 Å². The number of anilines is 3. The zero-order chi connectivity index (χ0) is 21.3. The number of benzene rings is 3. The highest BCUT2D eigenvalue weighted by Gasteiger charge is 2.30. The van der Waals surface area contributed by atoms with E-state index in [1.54, 1.807) is 60.7 Å². The van der Waals surface area contributed by atoms with Crippen molar-refractivity contribution >= 4 is 44.7 Å². The number of sulfonamides is 1. The van der Waals surface area contributed by atoms with Crippen LogP contribution >= 0.6 is 11.6 Å². The van der Waals surface area contributed by atoms with Crippen molar-refractivity contribution in [1.29, 1.82) is 0 Å². The van der Waals surface area contributed by atoms with Crippen LogP contribution in [-0.4, -0.2) is 21.0 Å².